The minimum absolute atomic E-state index is 0.171. The van der Waals surface area contributed by atoms with Crippen LogP contribution in [0.15, 0.2) is 12.4 Å². The summed E-state index contributed by atoms with van der Waals surface area (Å²) in [5, 5.41) is 0. The summed E-state index contributed by atoms with van der Waals surface area (Å²) in [4.78, 5) is 18.5. The Morgan fingerprint density at radius 3 is 2.95 bits per heavy atom. The molecule has 3 heterocycles. The molecule has 1 unspecified atom stereocenters. The van der Waals surface area contributed by atoms with Gasteiger partial charge in [-0.1, -0.05) is 13.8 Å². The van der Waals surface area contributed by atoms with Crippen LogP contribution in [0.5, 0.6) is 0 Å². The molecule has 0 saturated carbocycles. The summed E-state index contributed by atoms with van der Waals surface area (Å²) < 4.78 is 7.68. The van der Waals surface area contributed by atoms with Crippen molar-refractivity contribution in [2.75, 3.05) is 19.7 Å². The number of likely N-dealkylation sites (tertiary alicyclic amines) is 1. The Labute approximate surface area is 119 Å². The molecule has 20 heavy (non-hydrogen) atoms. The largest absolute Gasteiger partial charge is 0.368 e. The van der Waals surface area contributed by atoms with Crippen molar-refractivity contribution >= 4 is 5.91 Å². The van der Waals surface area contributed by atoms with E-state index in [1.54, 1.807) is 0 Å². The lowest BCUT2D eigenvalue weighted by Crippen LogP contribution is -2.54. The Kier molecular flexibility index (Phi) is 3.78. The maximum atomic E-state index is 12.1. The molecule has 0 aromatic carbocycles. The summed E-state index contributed by atoms with van der Waals surface area (Å²) in [6, 6.07) is 0. The fraction of sp³-hybridized carbons (Fsp3) is 0.733. The zero-order chi connectivity index (χ0) is 14.1. The molecule has 1 amide bonds. The normalized spacial score (nSPS) is 23.4. The number of hydrogen-bond donors (Lipinski definition) is 0. The first-order chi connectivity index (χ1) is 9.65. The minimum Gasteiger partial charge on any atom is -0.368 e. The molecule has 110 valence electrons. The molecule has 1 atom stereocenters. The van der Waals surface area contributed by atoms with Crippen molar-refractivity contribution in [3.63, 3.8) is 0 Å². The Hall–Kier alpha value is -1.36. The number of hydrogen-bond acceptors (Lipinski definition) is 3. The first-order valence-corrected chi connectivity index (χ1v) is 7.56. The summed E-state index contributed by atoms with van der Waals surface area (Å²) >= 11 is 0. The first kappa shape index (κ1) is 13.6. The molecule has 2 saturated heterocycles. The van der Waals surface area contributed by atoms with Gasteiger partial charge in [0.25, 0.3) is 5.91 Å². The van der Waals surface area contributed by atoms with E-state index in [4.69, 9.17) is 4.74 Å². The van der Waals surface area contributed by atoms with Crippen molar-refractivity contribution < 1.29 is 9.53 Å². The molecular formula is C15H23N3O2. The Morgan fingerprint density at radius 1 is 1.50 bits per heavy atom. The third-order valence-electron chi connectivity index (χ3n) is 4.19. The third kappa shape index (κ3) is 2.59. The molecule has 2 aliphatic rings. The highest BCUT2D eigenvalue weighted by Gasteiger charge is 2.36. The highest BCUT2D eigenvalue weighted by atomic mass is 16.5. The van der Waals surface area contributed by atoms with Crippen LogP contribution in [0.3, 0.4) is 0 Å². The van der Waals surface area contributed by atoms with Crippen LogP contribution in [0.25, 0.3) is 0 Å². The molecule has 5 heteroatoms. The highest BCUT2D eigenvalue weighted by molar-refractivity contribution is 5.81. The van der Waals surface area contributed by atoms with Gasteiger partial charge in [0.1, 0.15) is 11.9 Å². The number of amides is 1. The van der Waals surface area contributed by atoms with Gasteiger partial charge in [-0.05, 0) is 12.8 Å². The summed E-state index contributed by atoms with van der Waals surface area (Å²) in [5.74, 6) is 2.31. The van der Waals surface area contributed by atoms with Gasteiger partial charge in [-0.2, -0.15) is 0 Å². The van der Waals surface area contributed by atoms with Crippen LogP contribution in [-0.2, 0) is 16.1 Å². The molecule has 1 aromatic rings. The van der Waals surface area contributed by atoms with Crippen molar-refractivity contribution in [1.29, 1.82) is 0 Å². The van der Waals surface area contributed by atoms with Crippen molar-refractivity contribution in [3.8, 4) is 0 Å². The van der Waals surface area contributed by atoms with Gasteiger partial charge < -0.3 is 14.2 Å². The summed E-state index contributed by atoms with van der Waals surface area (Å²) in [5.41, 5.74) is 0. The first-order valence-electron chi connectivity index (χ1n) is 7.56. The maximum absolute atomic E-state index is 12.1. The number of carbonyl (C=O) groups is 1. The van der Waals surface area contributed by atoms with Crippen LogP contribution in [0.2, 0.25) is 0 Å². The predicted octanol–water partition coefficient (Wildman–Crippen LogP) is 1.64. The van der Waals surface area contributed by atoms with E-state index in [9.17, 15) is 4.79 Å². The second-order valence-corrected chi connectivity index (χ2v) is 6.20. The van der Waals surface area contributed by atoms with Gasteiger partial charge in [-0.25, -0.2) is 4.98 Å². The molecule has 0 aliphatic carbocycles. The second-order valence-electron chi connectivity index (χ2n) is 6.20. The highest BCUT2D eigenvalue weighted by Crippen LogP contribution is 2.24. The Morgan fingerprint density at radius 2 is 2.30 bits per heavy atom. The molecule has 2 fully saturated rings. The molecule has 1 aromatic heterocycles. The number of carbonyl (C=O) groups excluding carboxylic acids is 1. The maximum Gasteiger partial charge on any atom is 0.251 e. The number of ether oxygens (including phenoxy) is 1. The van der Waals surface area contributed by atoms with E-state index in [0.717, 1.165) is 44.9 Å². The second kappa shape index (κ2) is 5.56. The van der Waals surface area contributed by atoms with Crippen molar-refractivity contribution in [3.05, 3.63) is 18.2 Å². The predicted molar refractivity (Wildman–Crippen MR) is 75.4 cm³/mol. The lowest BCUT2D eigenvalue weighted by Gasteiger charge is -2.40. The zero-order valence-electron chi connectivity index (χ0n) is 12.3. The van der Waals surface area contributed by atoms with E-state index >= 15 is 0 Å². The topological polar surface area (TPSA) is 47.4 Å². The SMILES string of the molecule is CC(C)c1nccn1CC1CN(C(=O)C2CCCO2)C1. The van der Waals surface area contributed by atoms with Crippen molar-refractivity contribution in [2.24, 2.45) is 5.92 Å². The van der Waals surface area contributed by atoms with Gasteiger partial charge in [-0.3, -0.25) is 4.79 Å². The average Bonchev–Trinajstić information content (AvgIpc) is 3.03. The van der Waals surface area contributed by atoms with Crippen LogP contribution in [-0.4, -0.2) is 46.2 Å². The van der Waals surface area contributed by atoms with Gasteiger partial charge >= 0.3 is 0 Å². The van der Waals surface area contributed by atoms with E-state index in [0.29, 0.717) is 11.8 Å². The molecule has 0 spiro atoms. The molecule has 5 nitrogen and oxygen atoms in total. The van der Waals surface area contributed by atoms with Gasteiger partial charge in [0, 0.05) is 50.5 Å². The summed E-state index contributed by atoms with van der Waals surface area (Å²) in [6.45, 7) is 7.73. The standard InChI is InChI=1S/C15H23N3O2/c1-11(2)14-16-5-6-17(14)8-12-9-18(10-12)15(19)13-4-3-7-20-13/h5-6,11-13H,3-4,7-10H2,1-2H3. The van der Waals surface area contributed by atoms with E-state index < -0.39 is 0 Å². The monoisotopic (exact) mass is 277 g/mol. The smallest absolute Gasteiger partial charge is 0.251 e. The Bertz CT molecular complexity index is 471. The third-order valence-corrected chi connectivity index (χ3v) is 4.19. The van der Waals surface area contributed by atoms with E-state index in [1.165, 1.54) is 0 Å². The number of imidazole rings is 1. The average molecular weight is 277 g/mol. The minimum atomic E-state index is -0.171. The van der Waals surface area contributed by atoms with Gasteiger partial charge in [0.15, 0.2) is 0 Å². The quantitative estimate of drug-likeness (QED) is 0.840. The van der Waals surface area contributed by atoms with Gasteiger partial charge in [0.05, 0.1) is 0 Å². The van der Waals surface area contributed by atoms with Gasteiger partial charge in [-0.15, -0.1) is 0 Å². The molecule has 3 rings (SSSR count). The summed E-state index contributed by atoms with van der Waals surface area (Å²) in [7, 11) is 0. The number of nitrogens with zero attached hydrogens (tertiary/aromatic N) is 3. The van der Waals surface area contributed by atoms with Crippen LogP contribution >= 0.6 is 0 Å². The fourth-order valence-corrected chi connectivity index (χ4v) is 3.10. The number of aromatic nitrogens is 2. The zero-order valence-corrected chi connectivity index (χ0v) is 12.3. The molecular weight excluding hydrogens is 254 g/mol. The van der Waals surface area contributed by atoms with E-state index in [-0.39, 0.29) is 12.0 Å². The fourth-order valence-electron chi connectivity index (χ4n) is 3.10. The summed E-state index contributed by atoms with van der Waals surface area (Å²) in [6.07, 6.45) is 5.64. The lowest BCUT2D eigenvalue weighted by atomic mass is 9.98. The molecule has 0 radical (unpaired) electrons. The van der Waals surface area contributed by atoms with Crippen molar-refractivity contribution in [2.45, 2.75) is 45.3 Å². The molecule has 2 aliphatic heterocycles. The molecule has 0 bridgehead atoms. The lowest BCUT2D eigenvalue weighted by molar-refractivity contribution is -0.147. The van der Waals surface area contributed by atoms with Crippen LogP contribution in [0.1, 0.15) is 38.4 Å². The Balaban J connectivity index is 1.50. The van der Waals surface area contributed by atoms with Crippen LogP contribution < -0.4 is 0 Å². The van der Waals surface area contributed by atoms with E-state index in [1.807, 2.05) is 17.3 Å². The molecule has 0 N–H and O–H groups in total. The van der Waals surface area contributed by atoms with Gasteiger partial charge in [0.2, 0.25) is 0 Å². The van der Waals surface area contributed by atoms with Crippen molar-refractivity contribution in [1.82, 2.24) is 14.5 Å². The number of rotatable bonds is 4. The van der Waals surface area contributed by atoms with E-state index in [2.05, 4.69) is 23.4 Å². The van der Waals surface area contributed by atoms with Crippen LogP contribution in [0, 0.1) is 5.92 Å². The van der Waals surface area contributed by atoms with Crippen LogP contribution in [0.4, 0.5) is 0 Å².